The highest BCUT2D eigenvalue weighted by Crippen LogP contribution is 2.28. The number of amides is 1. The van der Waals surface area contributed by atoms with E-state index in [0.717, 1.165) is 5.56 Å². The number of hydrogen-bond donors (Lipinski definition) is 2. The molecule has 1 atom stereocenters. The van der Waals surface area contributed by atoms with E-state index in [-0.39, 0.29) is 24.3 Å². The minimum Gasteiger partial charge on any atom is -0.451 e. The van der Waals surface area contributed by atoms with Crippen molar-refractivity contribution in [3.8, 4) is 11.3 Å². The maximum absolute atomic E-state index is 11.8. The van der Waals surface area contributed by atoms with Crippen molar-refractivity contribution < 1.29 is 14.3 Å². The third kappa shape index (κ3) is 3.16. The number of aliphatic hydroxyl groups excluding tert-OH is 1. The van der Waals surface area contributed by atoms with Gasteiger partial charge in [0.1, 0.15) is 5.76 Å². The molecule has 0 aliphatic rings. The Kier molecular flexibility index (Phi) is 4.24. The van der Waals surface area contributed by atoms with Gasteiger partial charge in [0.15, 0.2) is 5.76 Å². The van der Waals surface area contributed by atoms with Gasteiger partial charge in [0.2, 0.25) is 0 Å². The van der Waals surface area contributed by atoms with Gasteiger partial charge in [-0.1, -0.05) is 23.7 Å². The van der Waals surface area contributed by atoms with E-state index in [1.54, 1.807) is 25.1 Å². The Morgan fingerprint density at radius 2 is 2.11 bits per heavy atom. The summed E-state index contributed by atoms with van der Waals surface area (Å²) in [5.41, 5.74) is 0.735. The van der Waals surface area contributed by atoms with E-state index in [1.807, 2.05) is 18.2 Å². The van der Waals surface area contributed by atoms with Crippen LogP contribution in [0.25, 0.3) is 11.3 Å². The number of nitrogens with one attached hydrogen (secondary N) is 1. The molecule has 2 N–H and O–H groups in total. The first-order valence-corrected chi connectivity index (χ1v) is 6.26. The van der Waals surface area contributed by atoms with Crippen molar-refractivity contribution in [2.75, 3.05) is 6.61 Å². The average molecular weight is 280 g/mol. The molecule has 0 radical (unpaired) electrons. The predicted octanol–water partition coefficient (Wildman–Crippen LogP) is 2.71. The minimum atomic E-state index is -0.361. The quantitative estimate of drug-likeness (QED) is 0.904. The minimum absolute atomic E-state index is 0.121. The molecule has 1 unspecified atom stereocenters. The molecule has 0 spiro atoms. The summed E-state index contributed by atoms with van der Waals surface area (Å²) in [5, 5.41) is 12.1. The predicted molar refractivity (Wildman–Crippen MR) is 73.2 cm³/mol. The van der Waals surface area contributed by atoms with Crippen molar-refractivity contribution in [2.45, 2.75) is 13.0 Å². The molecule has 2 aromatic rings. The first-order chi connectivity index (χ1) is 9.11. The summed E-state index contributed by atoms with van der Waals surface area (Å²) in [4.78, 5) is 11.8. The van der Waals surface area contributed by atoms with Gasteiger partial charge in [-0.05, 0) is 31.2 Å². The Bertz CT molecular complexity index is 580. The number of carbonyl (C=O) groups is 1. The molecule has 0 aliphatic heterocycles. The van der Waals surface area contributed by atoms with Crippen LogP contribution in [0.5, 0.6) is 0 Å². The SMILES string of the molecule is CC(CO)NC(=O)c1ccc(-c2ccccc2Cl)o1. The van der Waals surface area contributed by atoms with Crippen LogP contribution in [0.4, 0.5) is 0 Å². The molecule has 0 saturated heterocycles. The lowest BCUT2D eigenvalue weighted by molar-refractivity contribution is 0.0895. The maximum atomic E-state index is 11.8. The number of carbonyl (C=O) groups excluding carboxylic acids is 1. The fraction of sp³-hybridized carbons (Fsp3) is 0.214. The van der Waals surface area contributed by atoms with Gasteiger partial charge >= 0.3 is 0 Å². The number of halogens is 1. The van der Waals surface area contributed by atoms with E-state index in [9.17, 15) is 4.79 Å². The summed E-state index contributed by atoms with van der Waals surface area (Å²) < 4.78 is 5.48. The summed E-state index contributed by atoms with van der Waals surface area (Å²) in [6, 6.07) is 10.2. The van der Waals surface area contributed by atoms with E-state index in [0.29, 0.717) is 10.8 Å². The lowest BCUT2D eigenvalue weighted by atomic mass is 10.2. The second-order valence-corrected chi connectivity index (χ2v) is 4.61. The molecule has 0 bridgehead atoms. The van der Waals surface area contributed by atoms with Crippen molar-refractivity contribution in [3.63, 3.8) is 0 Å². The smallest absolute Gasteiger partial charge is 0.287 e. The number of furan rings is 1. The molecule has 5 heteroatoms. The van der Waals surface area contributed by atoms with Crippen LogP contribution in [0.1, 0.15) is 17.5 Å². The maximum Gasteiger partial charge on any atom is 0.287 e. The number of benzene rings is 1. The van der Waals surface area contributed by atoms with E-state index in [1.165, 1.54) is 0 Å². The average Bonchev–Trinajstić information content (AvgIpc) is 2.88. The largest absolute Gasteiger partial charge is 0.451 e. The Hall–Kier alpha value is -1.78. The van der Waals surface area contributed by atoms with Crippen molar-refractivity contribution in [2.24, 2.45) is 0 Å². The third-order valence-corrected chi connectivity index (χ3v) is 2.95. The summed E-state index contributed by atoms with van der Waals surface area (Å²) in [7, 11) is 0. The number of hydrogen-bond acceptors (Lipinski definition) is 3. The Morgan fingerprint density at radius 1 is 1.37 bits per heavy atom. The molecule has 0 saturated carbocycles. The van der Waals surface area contributed by atoms with Gasteiger partial charge in [-0.3, -0.25) is 4.79 Å². The van der Waals surface area contributed by atoms with Gasteiger partial charge < -0.3 is 14.8 Å². The number of aliphatic hydroxyl groups is 1. The van der Waals surface area contributed by atoms with Crippen LogP contribution in [0.3, 0.4) is 0 Å². The van der Waals surface area contributed by atoms with E-state index < -0.39 is 0 Å². The molecule has 100 valence electrons. The van der Waals surface area contributed by atoms with Crippen molar-refractivity contribution in [1.29, 1.82) is 0 Å². The molecule has 4 nitrogen and oxygen atoms in total. The topological polar surface area (TPSA) is 62.5 Å². The first-order valence-electron chi connectivity index (χ1n) is 5.88. The Balaban J connectivity index is 2.20. The summed E-state index contributed by atoms with van der Waals surface area (Å²) in [6.45, 7) is 1.58. The number of rotatable bonds is 4. The van der Waals surface area contributed by atoms with E-state index in [2.05, 4.69) is 5.32 Å². The monoisotopic (exact) mass is 279 g/mol. The zero-order chi connectivity index (χ0) is 13.8. The third-order valence-electron chi connectivity index (χ3n) is 2.62. The highest BCUT2D eigenvalue weighted by Gasteiger charge is 2.15. The Morgan fingerprint density at radius 3 is 2.79 bits per heavy atom. The molecular formula is C14H14ClNO3. The van der Waals surface area contributed by atoms with Gasteiger partial charge in [0.05, 0.1) is 11.6 Å². The van der Waals surface area contributed by atoms with Crippen LogP contribution < -0.4 is 5.32 Å². The lowest BCUT2D eigenvalue weighted by Gasteiger charge is -2.08. The van der Waals surface area contributed by atoms with Crippen LogP contribution in [0.2, 0.25) is 5.02 Å². The van der Waals surface area contributed by atoms with Gasteiger partial charge in [0.25, 0.3) is 5.91 Å². The summed E-state index contributed by atoms with van der Waals surface area (Å²) >= 11 is 6.06. The molecule has 2 rings (SSSR count). The van der Waals surface area contributed by atoms with Crippen LogP contribution in [-0.2, 0) is 0 Å². The zero-order valence-corrected chi connectivity index (χ0v) is 11.1. The standard InChI is InChI=1S/C14H14ClNO3/c1-9(8-17)16-14(18)13-7-6-12(19-13)10-4-2-3-5-11(10)15/h2-7,9,17H,8H2,1H3,(H,16,18). The first kappa shape index (κ1) is 13.6. The zero-order valence-electron chi connectivity index (χ0n) is 10.4. The molecule has 1 heterocycles. The van der Waals surface area contributed by atoms with Crippen molar-refractivity contribution in [1.82, 2.24) is 5.32 Å². The van der Waals surface area contributed by atoms with Gasteiger partial charge in [-0.25, -0.2) is 0 Å². The fourth-order valence-corrected chi connectivity index (χ4v) is 1.84. The molecule has 1 aromatic heterocycles. The van der Waals surface area contributed by atoms with Crippen molar-refractivity contribution >= 4 is 17.5 Å². The summed E-state index contributed by atoms with van der Waals surface area (Å²) in [6.07, 6.45) is 0. The van der Waals surface area contributed by atoms with Gasteiger partial charge in [-0.2, -0.15) is 0 Å². The van der Waals surface area contributed by atoms with Crippen LogP contribution in [0, 0.1) is 0 Å². The summed E-state index contributed by atoms with van der Waals surface area (Å²) in [5.74, 6) is 0.363. The molecule has 0 aliphatic carbocycles. The second-order valence-electron chi connectivity index (χ2n) is 4.20. The van der Waals surface area contributed by atoms with Crippen molar-refractivity contribution in [3.05, 3.63) is 47.2 Å². The molecular weight excluding hydrogens is 266 g/mol. The lowest BCUT2D eigenvalue weighted by Crippen LogP contribution is -2.34. The normalized spacial score (nSPS) is 12.2. The second kappa shape index (κ2) is 5.91. The molecule has 19 heavy (non-hydrogen) atoms. The Labute approximate surface area is 116 Å². The van der Waals surface area contributed by atoms with Gasteiger partial charge in [-0.15, -0.1) is 0 Å². The van der Waals surface area contributed by atoms with E-state index in [4.69, 9.17) is 21.1 Å². The molecule has 1 aromatic carbocycles. The van der Waals surface area contributed by atoms with Crippen LogP contribution in [-0.4, -0.2) is 23.7 Å². The molecule has 1 amide bonds. The van der Waals surface area contributed by atoms with Crippen LogP contribution >= 0.6 is 11.6 Å². The highest BCUT2D eigenvalue weighted by molar-refractivity contribution is 6.33. The fourth-order valence-electron chi connectivity index (χ4n) is 1.61. The highest BCUT2D eigenvalue weighted by atomic mass is 35.5. The molecule has 0 fully saturated rings. The van der Waals surface area contributed by atoms with E-state index >= 15 is 0 Å². The van der Waals surface area contributed by atoms with Crippen LogP contribution in [0.15, 0.2) is 40.8 Å². The van der Waals surface area contributed by atoms with Gasteiger partial charge in [0, 0.05) is 11.6 Å².